The Morgan fingerprint density at radius 3 is 2.92 bits per heavy atom. The number of nitrogens with zero attached hydrogens (tertiary/aromatic N) is 1. The van der Waals surface area contributed by atoms with Gasteiger partial charge in [-0.2, -0.15) is 0 Å². The zero-order chi connectivity index (χ0) is 17.2. The van der Waals surface area contributed by atoms with Gasteiger partial charge in [-0.1, -0.05) is 6.07 Å². The van der Waals surface area contributed by atoms with Crippen LogP contribution in [0.3, 0.4) is 0 Å². The van der Waals surface area contributed by atoms with Gasteiger partial charge in [-0.15, -0.1) is 11.3 Å². The standard InChI is InChI=1S/C14H15N3O5S2/c1-24(19,20)17-14-16-10(7-23-14)5-13(18)15-6-9-2-3-11-12(4-9)22-8-21-11/h2-4,7H,5-6,8H2,1H3,(H,15,18)(H,16,17). The van der Waals surface area contributed by atoms with E-state index < -0.39 is 10.0 Å². The Bertz CT molecular complexity index is 863. The quantitative estimate of drug-likeness (QED) is 0.790. The molecule has 0 saturated heterocycles. The Morgan fingerprint density at radius 2 is 2.12 bits per heavy atom. The van der Waals surface area contributed by atoms with Crippen molar-refractivity contribution in [3.05, 3.63) is 34.8 Å². The summed E-state index contributed by atoms with van der Waals surface area (Å²) >= 11 is 1.13. The van der Waals surface area contributed by atoms with E-state index >= 15 is 0 Å². The molecule has 0 spiro atoms. The van der Waals surface area contributed by atoms with E-state index in [0.29, 0.717) is 23.7 Å². The van der Waals surface area contributed by atoms with Gasteiger partial charge in [0, 0.05) is 11.9 Å². The number of ether oxygens (including phenoxy) is 2. The van der Waals surface area contributed by atoms with Gasteiger partial charge in [0.15, 0.2) is 16.6 Å². The maximum atomic E-state index is 12.0. The van der Waals surface area contributed by atoms with Crippen LogP contribution in [0.5, 0.6) is 11.5 Å². The summed E-state index contributed by atoms with van der Waals surface area (Å²) in [5.41, 5.74) is 1.40. The number of aromatic nitrogens is 1. The smallest absolute Gasteiger partial charge is 0.231 e. The zero-order valence-electron chi connectivity index (χ0n) is 12.7. The van der Waals surface area contributed by atoms with Gasteiger partial charge in [0.25, 0.3) is 0 Å². The Hall–Kier alpha value is -2.33. The number of hydrogen-bond donors (Lipinski definition) is 2. The first-order chi connectivity index (χ1) is 11.4. The van der Waals surface area contributed by atoms with Crippen LogP contribution in [0.25, 0.3) is 0 Å². The van der Waals surface area contributed by atoms with E-state index in [-0.39, 0.29) is 24.3 Å². The van der Waals surface area contributed by atoms with Crippen molar-refractivity contribution in [1.82, 2.24) is 10.3 Å². The fraction of sp³-hybridized carbons (Fsp3) is 0.286. The fourth-order valence-electron chi connectivity index (χ4n) is 2.07. The van der Waals surface area contributed by atoms with Crippen LogP contribution >= 0.6 is 11.3 Å². The highest BCUT2D eigenvalue weighted by molar-refractivity contribution is 7.92. The second-order valence-corrected chi connectivity index (χ2v) is 7.77. The minimum Gasteiger partial charge on any atom is -0.454 e. The molecule has 1 aliphatic heterocycles. The molecule has 0 bridgehead atoms. The van der Waals surface area contributed by atoms with Gasteiger partial charge < -0.3 is 14.8 Å². The third kappa shape index (κ3) is 4.36. The average Bonchev–Trinajstić information content (AvgIpc) is 3.12. The average molecular weight is 369 g/mol. The lowest BCUT2D eigenvalue weighted by atomic mass is 10.2. The highest BCUT2D eigenvalue weighted by Gasteiger charge is 2.14. The van der Waals surface area contributed by atoms with Gasteiger partial charge in [0.1, 0.15) is 0 Å². The molecular formula is C14H15N3O5S2. The number of fused-ring (bicyclic) bond motifs is 1. The SMILES string of the molecule is CS(=O)(=O)Nc1nc(CC(=O)NCc2ccc3c(c2)OCO3)cs1. The maximum Gasteiger partial charge on any atom is 0.231 e. The topological polar surface area (TPSA) is 107 Å². The molecule has 0 aliphatic carbocycles. The largest absolute Gasteiger partial charge is 0.454 e. The minimum absolute atomic E-state index is 0.0759. The van der Waals surface area contributed by atoms with E-state index in [4.69, 9.17) is 9.47 Å². The molecule has 0 atom stereocenters. The highest BCUT2D eigenvalue weighted by atomic mass is 32.2. The molecule has 0 fully saturated rings. The molecular weight excluding hydrogens is 354 g/mol. The zero-order valence-corrected chi connectivity index (χ0v) is 14.4. The number of thiazole rings is 1. The minimum atomic E-state index is -3.37. The number of benzene rings is 1. The van der Waals surface area contributed by atoms with Gasteiger partial charge in [-0.25, -0.2) is 13.4 Å². The van der Waals surface area contributed by atoms with Crippen LogP contribution in [-0.4, -0.2) is 32.4 Å². The van der Waals surface area contributed by atoms with Crippen molar-refractivity contribution >= 4 is 32.4 Å². The predicted molar refractivity (Wildman–Crippen MR) is 88.7 cm³/mol. The first kappa shape index (κ1) is 16.5. The van der Waals surface area contributed by atoms with E-state index in [1.54, 1.807) is 11.4 Å². The van der Waals surface area contributed by atoms with Crippen LogP contribution in [0, 0.1) is 0 Å². The summed E-state index contributed by atoms with van der Waals surface area (Å²) < 4.78 is 35.1. The number of nitrogens with one attached hydrogen (secondary N) is 2. The summed E-state index contributed by atoms with van der Waals surface area (Å²) in [6, 6.07) is 5.47. The van der Waals surface area contributed by atoms with Crippen molar-refractivity contribution in [3.63, 3.8) is 0 Å². The van der Waals surface area contributed by atoms with Crippen LogP contribution < -0.4 is 19.5 Å². The first-order valence-corrected chi connectivity index (χ1v) is 9.73. The molecule has 0 radical (unpaired) electrons. The molecule has 24 heavy (non-hydrogen) atoms. The first-order valence-electron chi connectivity index (χ1n) is 6.96. The van der Waals surface area contributed by atoms with Crippen molar-refractivity contribution in [2.24, 2.45) is 0 Å². The Kier molecular flexibility index (Phi) is 4.58. The van der Waals surface area contributed by atoms with E-state index in [9.17, 15) is 13.2 Å². The van der Waals surface area contributed by atoms with Crippen LogP contribution in [0.4, 0.5) is 5.13 Å². The molecule has 2 N–H and O–H groups in total. The molecule has 2 aromatic rings. The Balaban J connectivity index is 1.52. The molecule has 3 rings (SSSR count). The van der Waals surface area contributed by atoms with Crippen LogP contribution in [0.1, 0.15) is 11.3 Å². The van der Waals surface area contributed by atoms with Gasteiger partial charge in [0.2, 0.25) is 22.7 Å². The number of rotatable bonds is 6. The third-order valence-corrected chi connectivity index (χ3v) is 4.59. The van der Waals surface area contributed by atoms with Gasteiger partial charge >= 0.3 is 0 Å². The van der Waals surface area contributed by atoms with Crippen LogP contribution in [0.2, 0.25) is 0 Å². The predicted octanol–water partition coefficient (Wildman–Crippen LogP) is 1.10. The molecule has 1 aromatic heterocycles. The second-order valence-electron chi connectivity index (χ2n) is 5.16. The van der Waals surface area contributed by atoms with Crippen molar-refractivity contribution < 1.29 is 22.7 Å². The van der Waals surface area contributed by atoms with Gasteiger partial charge in [-0.3, -0.25) is 9.52 Å². The lowest BCUT2D eigenvalue weighted by Gasteiger charge is -2.05. The summed E-state index contributed by atoms with van der Waals surface area (Å²) in [6.45, 7) is 0.562. The molecule has 0 unspecified atom stereocenters. The van der Waals surface area contributed by atoms with Crippen LogP contribution in [0.15, 0.2) is 23.6 Å². The molecule has 1 amide bonds. The number of sulfonamides is 1. The highest BCUT2D eigenvalue weighted by Crippen LogP contribution is 2.32. The van der Waals surface area contributed by atoms with Crippen LogP contribution in [-0.2, 0) is 27.8 Å². The van der Waals surface area contributed by atoms with Crippen molar-refractivity contribution in [2.45, 2.75) is 13.0 Å². The van der Waals surface area contributed by atoms with Crippen molar-refractivity contribution in [1.29, 1.82) is 0 Å². The number of amides is 1. The number of carbonyl (C=O) groups is 1. The molecule has 10 heteroatoms. The maximum absolute atomic E-state index is 12.0. The fourth-order valence-corrected chi connectivity index (χ4v) is 3.64. The number of anilines is 1. The number of hydrogen-bond acceptors (Lipinski definition) is 7. The number of carbonyl (C=O) groups excluding carboxylic acids is 1. The van der Waals surface area contributed by atoms with E-state index in [1.807, 2.05) is 12.1 Å². The van der Waals surface area contributed by atoms with Gasteiger partial charge in [0.05, 0.1) is 18.4 Å². The molecule has 128 valence electrons. The second kappa shape index (κ2) is 6.65. The lowest BCUT2D eigenvalue weighted by Crippen LogP contribution is -2.24. The van der Waals surface area contributed by atoms with E-state index in [2.05, 4.69) is 15.0 Å². The third-order valence-electron chi connectivity index (χ3n) is 3.09. The summed E-state index contributed by atoms with van der Waals surface area (Å²) in [4.78, 5) is 16.0. The summed E-state index contributed by atoms with van der Waals surface area (Å²) in [7, 11) is -3.37. The molecule has 0 saturated carbocycles. The monoisotopic (exact) mass is 369 g/mol. The lowest BCUT2D eigenvalue weighted by molar-refractivity contribution is -0.120. The van der Waals surface area contributed by atoms with E-state index in [0.717, 1.165) is 23.2 Å². The summed E-state index contributed by atoms with van der Waals surface area (Å²) in [5, 5.41) is 4.68. The van der Waals surface area contributed by atoms with E-state index in [1.165, 1.54) is 0 Å². The Morgan fingerprint density at radius 1 is 1.33 bits per heavy atom. The molecule has 1 aromatic carbocycles. The molecule has 8 nitrogen and oxygen atoms in total. The van der Waals surface area contributed by atoms with Crippen molar-refractivity contribution in [2.75, 3.05) is 17.8 Å². The summed E-state index contributed by atoms with van der Waals surface area (Å²) in [5.74, 6) is 1.15. The molecule has 2 heterocycles. The van der Waals surface area contributed by atoms with Crippen molar-refractivity contribution in [3.8, 4) is 11.5 Å². The van der Waals surface area contributed by atoms with Gasteiger partial charge in [-0.05, 0) is 17.7 Å². The summed E-state index contributed by atoms with van der Waals surface area (Å²) in [6.07, 6.45) is 1.12. The Labute approximate surface area is 142 Å². The molecule has 1 aliphatic rings. The normalized spacial score (nSPS) is 12.9.